The minimum atomic E-state index is -4.22. The highest BCUT2D eigenvalue weighted by atomic mass is 32.2. The second-order valence-electron chi connectivity index (χ2n) is 20.7. The van der Waals surface area contributed by atoms with Crippen molar-refractivity contribution in [2.45, 2.75) is 113 Å². The highest BCUT2D eigenvalue weighted by Gasteiger charge is 2.39. The summed E-state index contributed by atoms with van der Waals surface area (Å²) in [6, 6.07) is 15.5. The molecule has 6 amide bonds. The summed E-state index contributed by atoms with van der Waals surface area (Å²) in [5, 5.41) is 15.8. The average Bonchev–Trinajstić information content (AvgIpc) is 4.23. The van der Waals surface area contributed by atoms with Crippen molar-refractivity contribution in [1.82, 2.24) is 34.8 Å². The number of anilines is 2. The summed E-state index contributed by atoms with van der Waals surface area (Å²) in [5.74, 6) is 0.175. The molecule has 19 heteroatoms. The molecule has 4 aromatic carbocycles. The van der Waals surface area contributed by atoms with Crippen molar-refractivity contribution >= 4 is 55.3 Å². The van der Waals surface area contributed by atoms with E-state index in [4.69, 9.17) is 0 Å². The third kappa shape index (κ3) is 11.5. The molecule has 10 rings (SSSR count). The Hall–Kier alpha value is -6.57. The zero-order valence-corrected chi connectivity index (χ0v) is 43.5. The summed E-state index contributed by atoms with van der Waals surface area (Å²) in [4.78, 5) is 54.4. The van der Waals surface area contributed by atoms with Crippen molar-refractivity contribution in [2.24, 2.45) is 18.9 Å². The number of carbonyl (C=O) groups excluding carboxylic acids is 4. The minimum Gasteiger partial charge on any atom is -0.355 e. The first-order valence-electron chi connectivity index (χ1n) is 26.1. The number of rotatable bonds is 16. The standard InChI is InChI=1S/C55H65N9O8S2/c1-63-33-43(32-58-63)53(66)57-23-21-36-14-18-45(19-15-36)74(71,72)62-55(68)60-52-47-11-7-9-38(47)27-42-29-40(31-49(42)52)39-28-41-26-37-8-6-10-46(37)51(48(41)30-39)59-54(67)61-73(69,70)44-16-12-35(13-17-44)20-22-56-50(65)34-64-24-4-2-3-5-25-64/h12-19,26-27,32-33,39-40H,2-11,20-25,28-31,34H2,1H3,(H,56,65)(H,57,66)(H2,59,61,67)(H2,60,62,68)/t39-,40?/m0/s1. The van der Waals surface area contributed by atoms with Crippen LogP contribution in [-0.4, -0.2) is 88.1 Å². The lowest BCUT2D eigenvalue weighted by Crippen LogP contribution is -2.38. The molecular formula is C55H65N9O8S2. The van der Waals surface area contributed by atoms with E-state index < -0.39 is 32.1 Å². The van der Waals surface area contributed by atoms with E-state index in [-0.39, 0.29) is 33.4 Å². The average molecular weight is 1040 g/mol. The van der Waals surface area contributed by atoms with Crippen LogP contribution >= 0.6 is 0 Å². The van der Waals surface area contributed by atoms with Crippen molar-refractivity contribution in [3.05, 3.63) is 134 Å². The van der Waals surface area contributed by atoms with Crippen molar-refractivity contribution in [2.75, 3.05) is 43.4 Å². The topological polar surface area (TPSA) is 230 Å². The normalized spacial score (nSPS) is 18.1. The monoisotopic (exact) mass is 1040 g/mol. The van der Waals surface area contributed by atoms with Crippen LogP contribution in [0.5, 0.6) is 0 Å². The van der Waals surface area contributed by atoms with E-state index in [2.05, 4.69) is 52.8 Å². The fourth-order valence-corrected chi connectivity index (χ4v) is 13.7. The predicted molar refractivity (Wildman–Crippen MR) is 281 cm³/mol. The quantitative estimate of drug-likeness (QED) is 0.0670. The molecular weight excluding hydrogens is 979 g/mol. The summed E-state index contributed by atoms with van der Waals surface area (Å²) in [7, 11) is -6.69. The fourth-order valence-electron chi connectivity index (χ4n) is 11.9. The molecule has 2 atom stereocenters. The Labute approximate surface area is 433 Å². The van der Waals surface area contributed by atoms with Crippen molar-refractivity contribution in [3.63, 3.8) is 0 Å². The Morgan fingerprint density at radius 1 is 0.581 bits per heavy atom. The van der Waals surface area contributed by atoms with Gasteiger partial charge in [-0.05, 0) is 195 Å². The van der Waals surface area contributed by atoms with Gasteiger partial charge in [0.2, 0.25) is 5.91 Å². The van der Waals surface area contributed by atoms with Gasteiger partial charge in [0.25, 0.3) is 26.0 Å². The number of sulfonamides is 2. The van der Waals surface area contributed by atoms with Gasteiger partial charge in [-0.15, -0.1) is 0 Å². The number of hydrogen-bond acceptors (Lipinski definition) is 10. The third-order valence-corrected chi connectivity index (χ3v) is 18.3. The van der Waals surface area contributed by atoms with Crippen molar-refractivity contribution < 1.29 is 36.0 Å². The molecule has 0 saturated carbocycles. The maximum absolute atomic E-state index is 13.7. The summed E-state index contributed by atoms with van der Waals surface area (Å²) in [5.41, 5.74) is 12.3. The van der Waals surface area contributed by atoms with Crippen LogP contribution in [0.3, 0.4) is 0 Å². The van der Waals surface area contributed by atoms with Gasteiger partial charge in [0.15, 0.2) is 0 Å². The largest absolute Gasteiger partial charge is 0.355 e. The number of benzene rings is 4. The maximum atomic E-state index is 13.7. The number of likely N-dealkylation sites (tertiary alicyclic amines) is 1. The molecule has 1 aromatic heterocycles. The van der Waals surface area contributed by atoms with Gasteiger partial charge in [-0.25, -0.2) is 35.9 Å². The molecule has 0 spiro atoms. The maximum Gasteiger partial charge on any atom is 0.333 e. The molecule has 5 aliphatic rings. The Morgan fingerprint density at radius 2 is 1.07 bits per heavy atom. The molecule has 1 aliphatic heterocycles. The molecule has 5 aromatic rings. The highest BCUT2D eigenvalue weighted by molar-refractivity contribution is 7.90. The number of aromatic nitrogens is 2. The number of fused-ring (bicyclic) bond motifs is 4. The molecule has 17 nitrogen and oxygen atoms in total. The van der Waals surface area contributed by atoms with Gasteiger partial charge in [0.1, 0.15) is 0 Å². The van der Waals surface area contributed by atoms with E-state index in [0.717, 1.165) is 122 Å². The van der Waals surface area contributed by atoms with Crippen LogP contribution in [0.2, 0.25) is 0 Å². The fraction of sp³-hybridized carbons (Fsp3) is 0.436. The van der Waals surface area contributed by atoms with Gasteiger partial charge in [0.05, 0.1) is 28.1 Å². The number of carbonyl (C=O) groups is 4. The number of nitrogens with zero attached hydrogens (tertiary/aromatic N) is 3. The van der Waals surface area contributed by atoms with E-state index >= 15 is 0 Å². The lowest BCUT2D eigenvalue weighted by molar-refractivity contribution is -0.122. The van der Waals surface area contributed by atoms with Crippen LogP contribution < -0.4 is 30.7 Å². The number of nitrogens with one attached hydrogen (secondary N) is 6. The van der Waals surface area contributed by atoms with E-state index in [1.54, 1.807) is 42.2 Å². The molecule has 1 saturated heterocycles. The van der Waals surface area contributed by atoms with Crippen LogP contribution in [0, 0.1) is 11.8 Å². The SMILES string of the molecule is Cn1cc(C(=O)NCCc2ccc(S(=O)(=O)NC(=O)Nc3c4c(cc5c3CC([C@H]3Cc6cc7c(c(NC(=O)NS(=O)(=O)c8ccc(CCNC(=O)CN9CCCCCC9)cc8)c6C3)CCC7)C5)CCC4)cc2)cn1. The number of urea groups is 2. The van der Waals surface area contributed by atoms with Crippen LogP contribution in [0.15, 0.2) is 82.8 Å². The lowest BCUT2D eigenvalue weighted by Gasteiger charge is -2.19. The molecule has 0 radical (unpaired) electrons. The summed E-state index contributed by atoms with van der Waals surface area (Å²) in [6.45, 7) is 3.05. The van der Waals surface area contributed by atoms with Gasteiger partial charge in [-0.3, -0.25) is 19.2 Å². The Balaban J connectivity index is 0.752. The van der Waals surface area contributed by atoms with Crippen LogP contribution in [-0.2, 0) is 96.1 Å². The molecule has 1 unspecified atom stereocenters. The first-order chi connectivity index (χ1) is 35.7. The third-order valence-electron chi connectivity index (χ3n) is 15.6. The van der Waals surface area contributed by atoms with E-state index in [9.17, 15) is 36.0 Å². The predicted octanol–water partition coefficient (Wildman–Crippen LogP) is 6.06. The summed E-state index contributed by atoms with van der Waals surface area (Å²) in [6.07, 6.45) is 16.9. The van der Waals surface area contributed by atoms with Crippen molar-refractivity contribution in [3.8, 4) is 0 Å². The molecule has 390 valence electrons. The second kappa shape index (κ2) is 21.7. The Bertz CT molecular complexity index is 3200. The van der Waals surface area contributed by atoms with Gasteiger partial charge >= 0.3 is 12.1 Å². The number of aryl methyl sites for hydroxylation is 3. The number of amides is 6. The van der Waals surface area contributed by atoms with Gasteiger partial charge in [-0.2, -0.15) is 5.10 Å². The first kappa shape index (κ1) is 50.9. The lowest BCUT2D eigenvalue weighted by atomic mass is 9.87. The number of hydrogen-bond donors (Lipinski definition) is 6. The van der Waals surface area contributed by atoms with Gasteiger partial charge in [0, 0.05) is 37.7 Å². The van der Waals surface area contributed by atoms with Crippen molar-refractivity contribution in [1.29, 1.82) is 0 Å². The Kier molecular flexibility index (Phi) is 15.0. The molecule has 6 N–H and O–H groups in total. The molecule has 1 fully saturated rings. The molecule has 2 heterocycles. The van der Waals surface area contributed by atoms with E-state index in [1.165, 1.54) is 54.4 Å². The zero-order valence-electron chi connectivity index (χ0n) is 41.9. The highest BCUT2D eigenvalue weighted by Crippen LogP contribution is 2.47. The van der Waals surface area contributed by atoms with E-state index in [0.29, 0.717) is 62.3 Å². The minimum absolute atomic E-state index is 0.0117. The molecule has 0 bridgehead atoms. The molecule has 74 heavy (non-hydrogen) atoms. The molecule has 4 aliphatic carbocycles. The smallest absolute Gasteiger partial charge is 0.333 e. The van der Waals surface area contributed by atoms with Crippen LogP contribution in [0.4, 0.5) is 21.0 Å². The van der Waals surface area contributed by atoms with Gasteiger partial charge < -0.3 is 21.3 Å². The van der Waals surface area contributed by atoms with Crippen LogP contribution in [0.25, 0.3) is 0 Å². The van der Waals surface area contributed by atoms with E-state index in [1.807, 2.05) is 0 Å². The second-order valence-corrected chi connectivity index (χ2v) is 24.1. The zero-order chi connectivity index (χ0) is 51.6. The first-order valence-corrected chi connectivity index (χ1v) is 29.1. The van der Waals surface area contributed by atoms with Gasteiger partial charge in [-0.1, -0.05) is 49.2 Å². The summed E-state index contributed by atoms with van der Waals surface area (Å²) >= 11 is 0. The summed E-state index contributed by atoms with van der Waals surface area (Å²) < 4.78 is 60.1. The van der Waals surface area contributed by atoms with Crippen LogP contribution in [0.1, 0.15) is 105 Å². The Morgan fingerprint density at radius 3 is 1.54 bits per heavy atom.